The largest absolute Gasteiger partial charge is 0.695 e. The Hall–Kier alpha value is -2.48. The first kappa shape index (κ1) is 43.7. The van der Waals surface area contributed by atoms with Gasteiger partial charge < -0.3 is 24.6 Å². The van der Waals surface area contributed by atoms with Crippen molar-refractivity contribution in [2.75, 3.05) is 19.8 Å². The second-order valence-electron chi connectivity index (χ2n) is 13.6. The summed E-state index contributed by atoms with van der Waals surface area (Å²) in [7, 11) is -3.06. The number of H-pyrrole nitrogens is 1. The highest BCUT2D eigenvalue weighted by Crippen LogP contribution is 2.37. The lowest BCUT2D eigenvalue weighted by atomic mass is 10.0. The Kier molecular flexibility index (Phi) is 21.5. The molecule has 1 amide bonds. The van der Waals surface area contributed by atoms with Crippen molar-refractivity contribution in [3.05, 3.63) is 33.1 Å². The van der Waals surface area contributed by atoms with Crippen LogP contribution in [0.15, 0.2) is 21.9 Å². The number of hydrogen-bond donors (Lipinski definition) is 4. The molecular formula is C35H61N3O11P+. The predicted molar refractivity (Wildman–Crippen MR) is 189 cm³/mol. The van der Waals surface area contributed by atoms with E-state index < -0.39 is 56.3 Å². The van der Waals surface area contributed by atoms with E-state index in [1.165, 1.54) is 70.4 Å². The molecule has 1 aliphatic heterocycles. The maximum Gasteiger partial charge on any atom is 0.695 e. The molecule has 1 aromatic rings. The van der Waals surface area contributed by atoms with E-state index in [4.69, 9.17) is 18.7 Å². The normalized spacial score (nSPS) is 19.4. The average molecular weight is 731 g/mol. The van der Waals surface area contributed by atoms with Gasteiger partial charge in [-0.15, -0.1) is 9.42 Å². The van der Waals surface area contributed by atoms with E-state index in [2.05, 4.69) is 17.2 Å². The summed E-state index contributed by atoms with van der Waals surface area (Å²) in [6.07, 6.45) is 15.9. The summed E-state index contributed by atoms with van der Waals surface area (Å²) in [5, 5.41) is 12.6. The van der Waals surface area contributed by atoms with Crippen LogP contribution in [0, 0.1) is 0 Å². The molecule has 2 rings (SSSR count). The van der Waals surface area contributed by atoms with Gasteiger partial charge >= 0.3 is 19.9 Å². The van der Waals surface area contributed by atoms with E-state index in [0.717, 1.165) is 42.7 Å². The molecular weight excluding hydrogens is 669 g/mol. The number of ether oxygens (including phenoxy) is 3. The van der Waals surface area contributed by atoms with Crippen LogP contribution in [0.5, 0.6) is 0 Å². The standard InChI is InChI=1S/C35H60N3O11P/c1-4-5-6-7-8-9-10-11-12-13-14-15-18-21-29(41)48-35(2,3)33(42)36-23-19-16-17-20-25-46-31-30(49-50(44)45)27(26-39)47-32(31)38-24-22-28(40)37-34(38)43/h22,24,27,30-32,39H,4-21,23,25-26H2,1-3H3,(H2-,36,37,40,42,43,44,45)/p+1. The first-order valence-corrected chi connectivity index (χ1v) is 19.7. The van der Waals surface area contributed by atoms with Gasteiger partial charge in [0, 0.05) is 36.4 Å². The molecule has 1 aromatic heterocycles. The minimum Gasteiger partial charge on any atom is -0.450 e. The van der Waals surface area contributed by atoms with E-state index >= 15 is 0 Å². The number of carbonyl (C=O) groups is 2. The number of nitrogens with zero attached hydrogens (tertiary/aromatic N) is 1. The van der Waals surface area contributed by atoms with Crippen molar-refractivity contribution in [3.63, 3.8) is 0 Å². The van der Waals surface area contributed by atoms with Crippen LogP contribution in [0.1, 0.15) is 143 Å². The van der Waals surface area contributed by atoms with E-state index in [-0.39, 0.29) is 18.5 Å². The molecule has 15 heteroatoms. The first-order chi connectivity index (χ1) is 24.0. The van der Waals surface area contributed by atoms with Crippen molar-refractivity contribution in [1.82, 2.24) is 14.9 Å². The highest BCUT2D eigenvalue weighted by atomic mass is 31.1. The molecule has 0 aromatic carbocycles. The summed E-state index contributed by atoms with van der Waals surface area (Å²) >= 11 is 0. The predicted octanol–water partition coefficient (Wildman–Crippen LogP) is 5.33. The molecule has 0 aliphatic carbocycles. The highest BCUT2D eigenvalue weighted by molar-refractivity contribution is 7.32. The molecule has 50 heavy (non-hydrogen) atoms. The number of esters is 1. The summed E-state index contributed by atoms with van der Waals surface area (Å²) < 4.78 is 34.7. The average Bonchev–Trinajstić information content (AvgIpc) is 3.39. The monoisotopic (exact) mass is 730 g/mol. The number of carbonyl (C=O) groups excluding carboxylic acids is 2. The molecule has 4 N–H and O–H groups in total. The van der Waals surface area contributed by atoms with Crippen molar-refractivity contribution in [2.45, 2.75) is 166 Å². The number of nitrogens with one attached hydrogen (secondary N) is 2. The molecule has 14 nitrogen and oxygen atoms in total. The van der Waals surface area contributed by atoms with Gasteiger partial charge in [0.05, 0.1) is 6.61 Å². The summed E-state index contributed by atoms with van der Waals surface area (Å²) in [6.45, 7) is 5.47. The van der Waals surface area contributed by atoms with E-state index in [1.54, 1.807) is 13.8 Å². The third-order valence-electron chi connectivity index (χ3n) is 8.87. The van der Waals surface area contributed by atoms with Crippen LogP contribution in [0.4, 0.5) is 0 Å². The number of aromatic nitrogens is 2. The Bertz CT molecular complexity index is 1250. The summed E-state index contributed by atoms with van der Waals surface area (Å²) in [4.78, 5) is 60.4. The number of unbranched alkanes of at least 4 members (excludes halogenated alkanes) is 15. The Morgan fingerprint density at radius 1 is 0.920 bits per heavy atom. The second-order valence-corrected chi connectivity index (χ2v) is 14.2. The fourth-order valence-electron chi connectivity index (χ4n) is 6.00. The molecule has 1 fully saturated rings. The van der Waals surface area contributed by atoms with Gasteiger partial charge in [0.25, 0.3) is 11.5 Å². The smallest absolute Gasteiger partial charge is 0.450 e. The van der Waals surface area contributed by atoms with Gasteiger partial charge in [-0.25, -0.2) is 4.79 Å². The molecule has 286 valence electrons. The minimum absolute atomic E-state index is 0.192. The molecule has 0 radical (unpaired) electrons. The van der Waals surface area contributed by atoms with Crippen molar-refractivity contribution in [1.29, 1.82) is 0 Å². The van der Waals surface area contributed by atoms with Gasteiger partial charge in [-0.1, -0.05) is 96.8 Å². The van der Waals surface area contributed by atoms with Crippen LogP contribution in [0.2, 0.25) is 0 Å². The van der Waals surface area contributed by atoms with Gasteiger partial charge in [0.15, 0.2) is 17.9 Å². The molecule has 1 aliphatic rings. The fourth-order valence-corrected chi connectivity index (χ4v) is 6.46. The van der Waals surface area contributed by atoms with Crippen molar-refractivity contribution >= 4 is 20.1 Å². The Morgan fingerprint density at radius 3 is 2.08 bits per heavy atom. The zero-order chi connectivity index (χ0) is 36.8. The fraction of sp³-hybridized carbons (Fsp3) is 0.829. The molecule has 0 bridgehead atoms. The van der Waals surface area contributed by atoms with E-state index in [9.17, 15) is 33.7 Å². The van der Waals surface area contributed by atoms with Crippen LogP contribution in [-0.4, -0.2) is 75.1 Å². The molecule has 0 spiro atoms. The van der Waals surface area contributed by atoms with Crippen LogP contribution in [0.3, 0.4) is 0 Å². The number of aliphatic hydroxyl groups excluding tert-OH is 1. The molecule has 2 heterocycles. The lowest BCUT2D eigenvalue weighted by Gasteiger charge is -2.24. The van der Waals surface area contributed by atoms with Gasteiger partial charge in [0.2, 0.25) is 0 Å². The van der Waals surface area contributed by atoms with Crippen LogP contribution < -0.4 is 16.6 Å². The topological polar surface area (TPSA) is 195 Å². The molecule has 5 atom stereocenters. The van der Waals surface area contributed by atoms with Crippen LogP contribution >= 0.6 is 8.25 Å². The van der Waals surface area contributed by atoms with Gasteiger partial charge in [-0.05, 0) is 33.1 Å². The number of rotatable bonds is 28. The van der Waals surface area contributed by atoms with Gasteiger partial charge in [-0.3, -0.25) is 23.9 Å². The van der Waals surface area contributed by atoms with E-state index in [0.29, 0.717) is 25.8 Å². The Labute approximate surface area is 297 Å². The maximum absolute atomic E-state index is 12.7. The number of aromatic amines is 1. The number of hydrogen-bond acceptors (Lipinski definition) is 10. The van der Waals surface area contributed by atoms with Crippen molar-refractivity contribution in [2.24, 2.45) is 0 Å². The quantitative estimate of drug-likeness (QED) is 0.0495. The molecule has 1 saturated heterocycles. The Balaban J connectivity index is 1.60. The van der Waals surface area contributed by atoms with E-state index in [1.807, 2.05) is 0 Å². The number of amides is 1. The third-order valence-corrected chi connectivity index (χ3v) is 9.29. The zero-order valence-corrected chi connectivity index (χ0v) is 31.2. The van der Waals surface area contributed by atoms with Gasteiger partial charge in [0.1, 0.15) is 12.2 Å². The minimum atomic E-state index is -3.06. The summed E-state index contributed by atoms with van der Waals surface area (Å²) in [5.74, 6) is -0.714. The van der Waals surface area contributed by atoms with Crippen LogP contribution in [-0.2, 0) is 32.9 Å². The Morgan fingerprint density at radius 2 is 1.50 bits per heavy atom. The summed E-state index contributed by atoms with van der Waals surface area (Å²) in [5.41, 5.74) is -2.64. The van der Waals surface area contributed by atoms with Crippen molar-refractivity contribution in [3.8, 4) is 0 Å². The zero-order valence-electron chi connectivity index (χ0n) is 30.3. The molecule has 0 saturated carbocycles. The maximum atomic E-state index is 12.7. The van der Waals surface area contributed by atoms with Crippen molar-refractivity contribution < 1.29 is 42.9 Å². The van der Waals surface area contributed by atoms with Crippen LogP contribution in [0.25, 0.3) is 0 Å². The second kappa shape index (κ2) is 24.7. The molecule has 5 unspecified atom stereocenters. The highest BCUT2D eigenvalue weighted by Gasteiger charge is 2.51. The first-order valence-electron chi connectivity index (χ1n) is 18.5. The summed E-state index contributed by atoms with van der Waals surface area (Å²) in [6, 6.07) is 1.13. The number of aliphatic hydroxyl groups is 1. The van der Waals surface area contributed by atoms with Gasteiger partial charge in [-0.2, -0.15) is 0 Å². The third kappa shape index (κ3) is 16.7. The lowest BCUT2D eigenvalue weighted by Crippen LogP contribution is -2.45. The SMILES string of the molecule is CCCCCCCCCCCCCCCC(=O)OC(C)(C)C(=O)NCCCCCCOC1C(O[P+](=O)O)C(CO)OC1n1ccc(=O)[nH]c1=O. The lowest BCUT2D eigenvalue weighted by molar-refractivity contribution is -0.165.